The van der Waals surface area contributed by atoms with Crippen molar-refractivity contribution in [3.8, 4) is 0 Å². The molecule has 0 bridgehead atoms. The Morgan fingerprint density at radius 2 is 1.76 bits per heavy atom. The van der Waals surface area contributed by atoms with Gasteiger partial charge in [-0.3, -0.25) is 14.9 Å². The molecule has 6 heteroatoms. The molecular weight excluding hydrogens is 340 g/mol. The molecular formula is C19H31ClN2O3. The molecule has 1 aliphatic rings. The van der Waals surface area contributed by atoms with E-state index in [1.807, 2.05) is 6.92 Å². The fourth-order valence-electron chi connectivity index (χ4n) is 3.19. The molecule has 1 aromatic rings. The molecule has 1 saturated carbocycles. The van der Waals surface area contributed by atoms with E-state index in [1.165, 1.54) is 50.3 Å². The first-order chi connectivity index (χ1) is 11.0. The van der Waals surface area contributed by atoms with Crippen LogP contribution in [-0.4, -0.2) is 16.9 Å². The molecule has 0 heterocycles. The minimum absolute atomic E-state index is 0. The number of carbonyl (C=O) groups is 1. The summed E-state index contributed by atoms with van der Waals surface area (Å²) in [6.07, 6.45) is 8.44. The van der Waals surface area contributed by atoms with Crippen LogP contribution >= 0.6 is 11.6 Å². The Bertz CT molecular complexity index is 570. The monoisotopic (exact) mass is 370 g/mol. The van der Waals surface area contributed by atoms with Crippen LogP contribution in [0.25, 0.3) is 0 Å². The molecule has 0 aromatic heterocycles. The fraction of sp³-hybridized carbons (Fsp3) is 0.632. The predicted molar refractivity (Wildman–Crippen MR) is 104 cm³/mol. The molecule has 142 valence electrons. The highest BCUT2D eigenvalue weighted by molar-refractivity contribution is 6.33. The lowest BCUT2D eigenvalue weighted by Crippen LogP contribution is -2.38. The fourth-order valence-corrected chi connectivity index (χ4v) is 3.39. The van der Waals surface area contributed by atoms with Crippen molar-refractivity contribution in [2.75, 3.05) is 0 Å². The van der Waals surface area contributed by atoms with E-state index in [1.54, 1.807) is 0 Å². The highest BCUT2D eigenvalue weighted by Crippen LogP contribution is 2.26. The van der Waals surface area contributed by atoms with Crippen molar-refractivity contribution in [3.05, 3.63) is 38.9 Å². The molecule has 1 aliphatic carbocycles. The summed E-state index contributed by atoms with van der Waals surface area (Å²) in [7, 11) is 0. The lowest BCUT2D eigenvalue weighted by molar-refractivity contribution is -0.384. The minimum Gasteiger partial charge on any atom is -0.349 e. The number of hydrogen-bond donors (Lipinski definition) is 1. The second-order valence-corrected chi connectivity index (χ2v) is 6.70. The van der Waals surface area contributed by atoms with Crippen LogP contribution < -0.4 is 5.32 Å². The van der Waals surface area contributed by atoms with Crippen LogP contribution in [0, 0.1) is 16.0 Å². The topological polar surface area (TPSA) is 72.2 Å². The van der Waals surface area contributed by atoms with E-state index in [0.29, 0.717) is 5.92 Å². The van der Waals surface area contributed by atoms with Crippen LogP contribution in [0.3, 0.4) is 0 Å². The molecule has 0 aliphatic heterocycles. The van der Waals surface area contributed by atoms with Gasteiger partial charge in [-0.05, 0) is 31.7 Å². The zero-order valence-electron chi connectivity index (χ0n) is 13.4. The molecule has 1 aromatic carbocycles. The number of amides is 1. The van der Waals surface area contributed by atoms with E-state index in [-0.39, 0.29) is 43.1 Å². The van der Waals surface area contributed by atoms with Crippen molar-refractivity contribution in [2.24, 2.45) is 5.92 Å². The number of nitro groups is 1. The van der Waals surface area contributed by atoms with Gasteiger partial charge in [-0.25, -0.2) is 0 Å². The maximum atomic E-state index is 12.4. The van der Waals surface area contributed by atoms with Crippen LogP contribution in [0.1, 0.15) is 77.1 Å². The zero-order valence-corrected chi connectivity index (χ0v) is 14.1. The molecule has 25 heavy (non-hydrogen) atoms. The third-order valence-corrected chi connectivity index (χ3v) is 4.95. The smallest absolute Gasteiger partial charge is 0.270 e. The highest BCUT2D eigenvalue weighted by Gasteiger charge is 2.22. The largest absolute Gasteiger partial charge is 0.349 e. The SMILES string of the molecule is C.C.CC(NC(=O)c1cc([N+](=O)[O-])ccc1Cl)C1CCCCCCC1. The minimum atomic E-state index is -0.522. The van der Waals surface area contributed by atoms with Gasteiger partial charge in [-0.15, -0.1) is 0 Å². The highest BCUT2D eigenvalue weighted by atomic mass is 35.5. The standard InChI is InChI=1S/C17H23ClN2O3.2CH4/c1-12(13-7-5-3-2-4-6-8-13)19-17(21)15-11-14(20(22)23)9-10-16(15)18;;/h9-13H,2-8H2,1H3,(H,19,21);2*1H4. The Labute approximate surface area is 156 Å². The Balaban J connectivity index is 0.00000288. The first kappa shape index (κ1) is 23.4. The molecule has 0 radical (unpaired) electrons. The molecule has 1 fully saturated rings. The second-order valence-electron chi connectivity index (χ2n) is 6.29. The molecule has 1 atom stereocenters. The van der Waals surface area contributed by atoms with Crippen LogP contribution in [-0.2, 0) is 0 Å². The number of nitro benzene ring substituents is 1. The van der Waals surface area contributed by atoms with E-state index in [9.17, 15) is 14.9 Å². The number of non-ortho nitro benzene ring substituents is 1. The van der Waals surface area contributed by atoms with Crippen molar-refractivity contribution >= 4 is 23.2 Å². The van der Waals surface area contributed by atoms with Gasteiger partial charge in [-0.2, -0.15) is 0 Å². The summed E-state index contributed by atoms with van der Waals surface area (Å²) in [5.41, 5.74) is 0.0386. The zero-order chi connectivity index (χ0) is 16.8. The van der Waals surface area contributed by atoms with E-state index in [0.717, 1.165) is 12.8 Å². The van der Waals surface area contributed by atoms with E-state index < -0.39 is 4.92 Å². The summed E-state index contributed by atoms with van der Waals surface area (Å²) >= 11 is 6.03. The summed E-state index contributed by atoms with van der Waals surface area (Å²) in [5.74, 6) is 0.116. The average molecular weight is 371 g/mol. The number of hydrogen-bond acceptors (Lipinski definition) is 3. The number of carbonyl (C=O) groups excluding carboxylic acids is 1. The Hall–Kier alpha value is -1.62. The molecule has 1 N–H and O–H groups in total. The van der Waals surface area contributed by atoms with Crippen molar-refractivity contribution in [2.45, 2.75) is 72.8 Å². The van der Waals surface area contributed by atoms with Gasteiger partial charge < -0.3 is 5.32 Å². The number of nitrogens with one attached hydrogen (secondary N) is 1. The van der Waals surface area contributed by atoms with E-state index >= 15 is 0 Å². The lowest BCUT2D eigenvalue weighted by atomic mass is 9.86. The van der Waals surface area contributed by atoms with Crippen molar-refractivity contribution in [1.82, 2.24) is 5.32 Å². The molecule has 1 unspecified atom stereocenters. The third kappa shape index (κ3) is 6.65. The third-order valence-electron chi connectivity index (χ3n) is 4.62. The number of rotatable bonds is 4. The van der Waals surface area contributed by atoms with Crippen LogP contribution in [0.15, 0.2) is 18.2 Å². The second kappa shape index (κ2) is 11.1. The first-order valence-corrected chi connectivity index (χ1v) is 8.61. The van der Waals surface area contributed by atoms with Crippen LogP contribution in [0.5, 0.6) is 0 Å². The maximum Gasteiger partial charge on any atom is 0.270 e. The molecule has 0 saturated heterocycles. The van der Waals surface area contributed by atoms with Gasteiger partial charge in [0.25, 0.3) is 11.6 Å². The van der Waals surface area contributed by atoms with Crippen molar-refractivity contribution < 1.29 is 9.72 Å². The first-order valence-electron chi connectivity index (χ1n) is 8.24. The van der Waals surface area contributed by atoms with E-state index in [2.05, 4.69) is 5.32 Å². The average Bonchev–Trinajstić information content (AvgIpc) is 2.46. The van der Waals surface area contributed by atoms with Crippen molar-refractivity contribution in [1.29, 1.82) is 0 Å². The Kier molecular flexibility index (Phi) is 10.4. The van der Waals surface area contributed by atoms with Crippen LogP contribution in [0.4, 0.5) is 5.69 Å². The summed E-state index contributed by atoms with van der Waals surface area (Å²) < 4.78 is 0. The Morgan fingerprint density at radius 1 is 1.20 bits per heavy atom. The number of nitrogens with zero attached hydrogens (tertiary/aromatic N) is 1. The summed E-state index contributed by atoms with van der Waals surface area (Å²) in [6.45, 7) is 2.01. The number of halogens is 1. The maximum absolute atomic E-state index is 12.4. The molecule has 0 spiro atoms. The molecule has 1 amide bonds. The van der Waals surface area contributed by atoms with Crippen LogP contribution in [0.2, 0.25) is 5.02 Å². The predicted octanol–water partition coefficient (Wildman–Crippen LogP) is 6.00. The van der Waals surface area contributed by atoms with Gasteiger partial charge >= 0.3 is 0 Å². The van der Waals surface area contributed by atoms with Crippen molar-refractivity contribution in [3.63, 3.8) is 0 Å². The van der Waals surface area contributed by atoms with Gasteiger partial charge in [0.15, 0.2) is 0 Å². The van der Waals surface area contributed by atoms with Gasteiger partial charge in [0.1, 0.15) is 0 Å². The number of benzene rings is 1. The van der Waals surface area contributed by atoms with Gasteiger partial charge in [0.2, 0.25) is 0 Å². The van der Waals surface area contributed by atoms with Gasteiger partial charge in [0.05, 0.1) is 15.5 Å². The summed E-state index contributed by atoms with van der Waals surface area (Å²) in [5, 5.41) is 14.1. The molecule has 5 nitrogen and oxygen atoms in total. The van der Waals surface area contributed by atoms with Gasteiger partial charge in [-0.1, -0.05) is 58.6 Å². The Morgan fingerprint density at radius 3 is 2.32 bits per heavy atom. The summed E-state index contributed by atoms with van der Waals surface area (Å²) in [6, 6.07) is 3.98. The quantitative estimate of drug-likeness (QED) is 0.521. The lowest BCUT2D eigenvalue weighted by Gasteiger charge is -2.26. The molecule has 2 rings (SSSR count). The summed E-state index contributed by atoms with van der Waals surface area (Å²) in [4.78, 5) is 22.8. The normalized spacial score (nSPS) is 16.4. The van der Waals surface area contributed by atoms with E-state index in [4.69, 9.17) is 11.6 Å². The van der Waals surface area contributed by atoms with Gasteiger partial charge in [0, 0.05) is 18.2 Å².